The molecule has 0 amide bonds. The fourth-order valence-electron chi connectivity index (χ4n) is 1.75. The van der Waals surface area contributed by atoms with Crippen LogP contribution >= 0.6 is 0 Å². The monoisotopic (exact) mass is 425 g/mol. The summed E-state index contributed by atoms with van der Waals surface area (Å²) in [5.41, 5.74) is 17.0. The van der Waals surface area contributed by atoms with E-state index in [1.165, 1.54) is 6.33 Å². The smallest absolute Gasteiger partial charge is 0.322 e. The van der Waals surface area contributed by atoms with E-state index in [0.29, 0.717) is 12.1 Å². The molecule has 11 N–H and O–H groups in total. The number of nitrogens with zero attached hydrogens (tertiary/aromatic N) is 1. The number of carboxylic acid groups (broad SMARTS) is 3. The first-order valence-corrected chi connectivity index (χ1v) is 8.66. The zero-order chi connectivity index (χ0) is 23.1. The Kier molecular flexibility index (Phi) is 13.0. The van der Waals surface area contributed by atoms with Crippen LogP contribution in [0, 0.1) is 0 Å². The lowest BCUT2D eigenvalue weighted by Crippen LogP contribution is -2.33. The van der Waals surface area contributed by atoms with Crippen LogP contribution in [0.1, 0.15) is 11.3 Å². The van der Waals surface area contributed by atoms with Gasteiger partial charge in [0.2, 0.25) is 0 Å². The van der Waals surface area contributed by atoms with Crippen LogP contribution in [0.15, 0.2) is 42.9 Å². The normalized spacial score (nSPS) is 12.8. The molecule has 1 heterocycles. The molecule has 1 aromatic heterocycles. The Morgan fingerprint density at radius 2 is 1.37 bits per heavy atom. The first-order valence-electron chi connectivity index (χ1n) is 8.66. The number of hydrogen-bond donors (Lipinski definition) is 8. The van der Waals surface area contributed by atoms with Crippen LogP contribution in [-0.4, -0.2) is 73.0 Å². The fraction of sp³-hybridized carbons (Fsp3) is 0.333. The summed E-state index contributed by atoms with van der Waals surface area (Å²) in [4.78, 5) is 36.8. The third-order valence-corrected chi connectivity index (χ3v) is 3.43. The summed E-state index contributed by atoms with van der Waals surface area (Å²) in [6, 6.07) is 6.56. The molecular formula is C18H27N5O7. The predicted molar refractivity (Wildman–Crippen MR) is 106 cm³/mol. The Morgan fingerprint density at radius 1 is 0.867 bits per heavy atom. The van der Waals surface area contributed by atoms with Crippen molar-refractivity contribution in [1.29, 1.82) is 0 Å². The number of aromatic nitrogens is 2. The van der Waals surface area contributed by atoms with Crippen LogP contribution in [0.4, 0.5) is 0 Å². The molecule has 12 nitrogen and oxygen atoms in total. The first kappa shape index (κ1) is 26.7. The molecule has 0 aliphatic rings. The van der Waals surface area contributed by atoms with Crippen molar-refractivity contribution < 1.29 is 34.8 Å². The molecule has 0 bridgehead atoms. The van der Waals surface area contributed by atoms with E-state index in [-0.39, 0.29) is 6.42 Å². The summed E-state index contributed by atoms with van der Waals surface area (Å²) in [6.07, 6.45) is 3.77. The van der Waals surface area contributed by atoms with E-state index >= 15 is 0 Å². The number of aromatic amines is 1. The van der Waals surface area contributed by atoms with Crippen molar-refractivity contribution in [2.45, 2.75) is 31.0 Å². The molecule has 0 fully saturated rings. The van der Waals surface area contributed by atoms with Crippen molar-refractivity contribution in [2.75, 3.05) is 6.61 Å². The van der Waals surface area contributed by atoms with Crippen molar-refractivity contribution in [1.82, 2.24) is 9.97 Å². The number of hydrogen-bond acceptors (Lipinski definition) is 8. The number of aliphatic carboxylic acids is 3. The Balaban J connectivity index is 0.000000437. The van der Waals surface area contributed by atoms with Crippen molar-refractivity contribution in [2.24, 2.45) is 17.2 Å². The van der Waals surface area contributed by atoms with Gasteiger partial charge in [-0.25, -0.2) is 4.98 Å². The Labute approximate surface area is 172 Å². The van der Waals surface area contributed by atoms with E-state index in [4.69, 9.17) is 37.6 Å². The lowest BCUT2D eigenvalue weighted by atomic mass is 10.1. The largest absolute Gasteiger partial charge is 0.480 e. The second-order valence-corrected chi connectivity index (χ2v) is 5.97. The summed E-state index contributed by atoms with van der Waals surface area (Å²) in [5.74, 6) is -3.14. The van der Waals surface area contributed by atoms with Crippen LogP contribution in [0.2, 0.25) is 0 Å². The first-order chi connectivity index (χ1) is 14.1. The van der Waals surface area contributed by atoms with Crippen LogP contribution in [-0.2, 0) is 27.2 Å². The Morgan fingerprint density at radius 3 is 1.73 bits per heavy atom. The highest BCUT2D eigenvalue weighted by Gasteiger charge is 2.12. The molecule has 166 valence electrons. The van der Waals surface area contributed by atoms with Crippen molar-refractivity contribution >= 4 is 17.9 Å². The molecule has 3 unspecified atom stereocenters. The summed E-state index contributed by atoms with van der Waals surface area (Å²) < 4.78 is 0. The molecule has 0 radical (unpaired) electrons. The van der Waals surface area contributed by atoms with E-state index in [1.807, 2.05) is 30.3 Å². The number of rotatable bonds is 8. The molecule has 0 aliphatic heterocycles. The third kappa shape index (κ3) is 12.2. The number of H-pyrrole nitrogens is 1. The van der Waals surface area contributed by atoms with Crippen molar-refractivity contribution in [3.8, 4) is 0 Å². The van der Waals surface area contributed by atoms with Gasteiger partial charge in [0, 0.05) is 12.6 Å². The second kappa shape index (κ2) is 14.6. The van der Waals surface area contributed by atoms with Gasteiger partial charge in [0.1, 0.15) is 18.1 Å². The Bertz CT molecular complexity index is 756. The van der Waals surface area contributed by atoms with Gasteiger partial charge in [0.25, 0.3) is 0 Å². The van der Waals surface area contributed by atoms with Crippen LogP contribution in [0.5, 0.6) is 0 Å². The van der Waals surface area contributed by atoms with Crippen molar-refractivity contribution in [3.05, 3.63) is 54.1 Å². The number of carboxylic acids is 3. The summed E-state index contributed by atoms with van der Waals surface area (Å²) >= 11 is 0. The highest BCUT2D eigenvalue weighted by molar-refractivity contribution is 5.74. The van der Waals surface area contributed by atoms with Gasteiger partial charge in [0.15, 0.2) is 0 Å². The summed E-state index contributed by atoms with van der Waals surface area (Å²) in [7, 11) is 0. The minimum absolute atomic E-state index is 0.263. The molecule has 30 heavy (non-hydrogen) atoms. The fourth-order valence-corrected chi connectivity index (χ4v) is 1.75. The number of nitrogens with one attached hydrogen (secondary N) is 1. The molecule has 12 heteroatoms. The number of benzene rings is 1. The van der Waals surface area contributed by atoms with Gasteiger partial charge in [0.05, 0.1) is 18.6 Å². The lowest BCUT2D eigenvalue weighted by Gasteiger charge is -2.04. The molecule has 0 saturated heterocycles. The van der Waals surface area contributed by atoms with Crippen LogP contribution < -0.4 is 17.2 Å². The predicted octanol–water partition coefficient (Wildman–Crippen LogP) is -1.60. The van der Waals surface area contributed by atoms with Gasteiger partial charge >= 0.3 is 17.9 Å². The maximum atomic E-state index is 10.4. The highest BCUT2D eigenvalue weighted by Crippen LogP contribution is 2.01. The van der Waals surface area contributed by atoms with E-state index in [2.05, 4.69) is 9.97 Å². The zero-order valence-electron chi connectivity index (χ0n) is 16.1. The third-order valence-electron chi connectivity index (χ3n) is 3.43. The van der Waals surface area contributed by atoms with Crippen LogP contribution in [0.25, 0.3) is 0 Å². The van der Waals surface area contributed by atoms with Gasteiger partial charge in [-0.2, -0.15) is 0 Å². The van der Waals surface area contributed by atoms with Gasteiger partial charge < -0.3 is 42.6 Å². The minimum atomic E-state index is -1.18. The summed E-state index contributed by atoms with van der Waals surface area (Å²) in [5, 5.41) is 32.8. The topological polar surface area (TPSA) is 239 Å². The minimum Gasteiger partial charge on any atom is -0.480 e. The standard InChI is InChI=1S/C9H11NO2.C6H9N3O2.C3H7NO3/c10-8(9(11)12)6-7-4-2-1-3-5-7;7-5(6(10)11)1-4-2-8-3-9-4;4-2(1-5)3(6)7/h1-5,8H,6,10H2,(H,11,12);2-3,5H,1,7H2,(H,8,9)(H,10,11);2,5H,1,4H2,(H,6,7). The Hall–Kier alpha value is -3.32. The van der Waals surface area contributed by atoms with E-state index in [0.717, 1.165) is 5.56 Å². The number of imidazole rings is 1. The molecule has 2 rings (SSSR count). The molecule has 0 spiro atoms. The highest BCUT2D eigenvalue weighted by atomic mass is 16.4. The SMILES string of the molecule is NC(CO)C(=O)O.NC(Cc1c[nH]cn1)C(=O)O.NC(Cc1ccccc1)C(=O)O. The molecule has 1 aromatic carbocycles. The lowest BCUT2D eigenvalue weighted by molar-refractivity contribution is -0.140. The van der Waals surface area contributed by atoms with Crippen molar-refractivity contribution in [3.63, 3.8) is 0 Å². The van der Waals surface area contributed by atoms with Crippen LogP contribution in [0.3, 0.4) is 0 Å². The average molecular weight is 425 g/mol. The van der Waals surface area contributed by atoms with E-state index < -0.39 is 42.6 Å². The van der Waals surface area contributed by atoms with E-state index in [9.17, 15) is 14.4 Å². The quantitative estimate of drug-likeness (QED) is 0.239. The molecule has 0 aliphatic carbocycles. The second-order valence-electron chi connectivity index (χ2n) is 5.97. The van der Waals surface area contributed by atoms with Gasteiger partial charge in [-0.15, -0.1) is 0 Å². The summed E-state index contributed by atoms with van der Waals surface area (Å²) in [6.45, 7) is -0.505. The molecular weight excluding hydrogens is 398 g/mol. The average Bonchev–Trinajstić information content (AvgIpc) is 3.21. The molecule has 2 aromatic rings. The molecule has 0 saturated carbocycles. The maximum absolute atomic E-state index is 10.4. The van der Waals surface area contributed by atoms with Gasteiger partial charge in [-0.3, -0.25) is 14.4 Å². The number of nitrogens with two attached hydrogens (primary N) is 3. The zero-order valence-corrected chi connectivity index (χ0v) is 16.1. The number of aliphatic hydroxyl groups excluding tert-OH is 1. The number of aliphatic hydroxyl groups is 1. The number of carbonyl (C=O) groups is 3. The van der Waals surface area contributed by atoms with Gasteiger partial charge in [-0.05, 0) is 12.0 Å². The molecule has 3 atom stereocenters. The van der Waals surface area contributed by atoms with Gasteiger partial charge in [-0.1, -0.05) is 30.3 Å². The van der Waals surface area contributed by atoms with E-state index in [1.54, 1.807) is 6.20 Å². The maximum Gasteiger partial charge on any atom is 0.322 e.